The summed E-state index contributed by atoms with van der Waals surface area (Å²) in [4.78, 5) is 49.6. The van der Waals surface area contributed by atoms with Crippen molar-refractivity contribution < 1.29 is 42.5 Å². The number of unbranched alkanes of at least 4 members (excludes halogenated alkanes) is 1. The molecular weight excluding hydrogens is 564 g/mol. The minimum atomic E-state index is -2.29. The van der Waals surface area contributed by atoms with Gasteiger partial charge in [-0.2, -0.15) is 0 Å². The zero-order valence-corrected chi connectivity index (χ0v) is 25.0. The van der Waals surface area contributed by atoms with Gasteiger partial charge in [-0.05, 0) is 69.1 Å². The minimum absolute atomic E-state index is 0.0361. The van der Waals surface area contributed by atoms with Gasteiger partial charge in [-0.1, -0.05) is 26.3 Å². The fourth-order valence-electron chi connectivity index (χ4n) is 8.91. The number of aliphatic hydroxyl groups is 1. The molecule has 5 rings (SSSR count). The molecule has 4 fully saturated rings. The highest BCUT2D eigenvalue weighted by atomic mass is 19.1. The predicted octanol–water partition coefficient (Wildman–Crippen LogP) is 2.72. The standard InChI is InChI=1S/C31H43F2N3O7/c1-4-7-26-42-24-14-18-19-13-21(32)20-12-17(37)9-10-28(20,2)30(19,33)22(38)15-29(18,3)31(24,43-26)23(39)16-36-25(40)8-5-6-11-35-27(34)41/h9-10,12,18-19,21-22,24,26,38H,4-8,11,13-16H2,1-3H3,(H,36,40)(H3,34,35,41)/t18?,19-,21-,22-,24+,26?,28-,29-,30-,31+/m0/s1. The number of ketones is 2. The molecule has 5 N–H and O–H groups in total. The highest BCUT2D eigenvalue weighted by Gasteiger charge is 2.79. The van der Waals surface area contributed by atoms with Gasteiger partial charge in [-0.15, -0.1) is 0 Å². The molecule has 12 heteroatoms. The highest BCUT2D eigenvalue weighted by molar-refractivity contribution is 6.01. The SMILES string of the molecule is CCCC1O[C@@H]2CC3[C@@H]4C[C@H](F)C5=CC(=O)C=C[C@]5(C)[C@@]4(F)[C@@H](O)C[C@]3(C)[C@]2(C(=O)CNC(=O)CCCCNC(N)=O)O1. The van der Waals surface area contributed by atoms with Crippen LogP contribution in [-0.4, -0.2) is 77.6 Å². The maximum Gasteiger partial charge on any atom is 0.312 e. The van der Waals surface area contributed by atoms with Gasteiger partial charge >= 0.3 is 6.03 Å². The second-order valence-corrected chi connectivity index (χ2v) is 13.2. The van der Waals surface area contributed by atoms with Crippen LogP contribution in [0.1, 0.15) is 72.1 Å². The molecule has 4 aliphatic carbocycles. The molecule has 0 bridgehead atoms. The number of hydrogen-bond acceptors (Lipinski definition) is 7. The lowest BCUT2D eigenvalue weighted by molar-refractivity contribution is -0.234. The van der Waals surface area contributed by atoms with Gasteiger partial charge in [-0.3, -0.25) is 14.4 Å². The van der Waals surface area contributed by atoms with E-state index in [9.17, 15) is 24.3 Å². The fraction of sp³-hybridized carbons (Fsp3) is 0.742. The second-order valence-electron chi connectivity index (χ2n) is 13.2. The van der Waals surface area contributed by atoms with E-state index in [1.54, 1.807) is 6.92 Å². The van der Waals surface area contributed by atoms with Crippen molar-refractivity contribution in [2.75, 3.05) is 13.1 Å². The van der Waals surface area contributed by atoms with E-state index in [0.29, 0.717) is 25.8 Å². The van der Waals surface area contributed by atoms with Gasteiger partial charge in [0.1, 0.15) is 6.17 Å². The van der Waals surface area contributed by atoms with Crippen LogP contribution in [0.15, 0.2) is 23.8 Å². The summed E-state index contributed by atoms with van der Waals surface area (Å²) in [5.41, 5.74) is -1.43. The second kappa shape index (κ2) is 11.3. The molecule has 0 radical (unpaired) electrons. The molecule has 0 aromatic rings. The molecule has 1 heterocycles. The number of ether oxygens (including phenoxy) is 2. The van der Waals surface area contributed by atoms with E-state index in [4.69, 9.17) is 15.2 Å². The number of urea groups is 1. The number of allylic oxidation sites excluding steroid dienone is 4. The molecule has 0 aromatic carbocycles. The lowest BCUT2D eigenvalue weighted by atomic mass is 9.44. The van der Waals surface area contributed by atoms with Crippen LogP contribution in [0.4, 0.5) is 13.6 Å². The van der Waals surface area contributed by atoms with Gasteiger partial charge in [0, 0.05) is 29.7 Å². The first-order valence-electron chi connectivity index (χ1n) is 15.4. The Kier molecular flexibility index (Phi) is 8.36. The summed E-state index contributed by atoms with van der Waals surface area (Å²) in [5, 5.41) is 16.8. The smallest absolute Gasteiger partial charge is 0.312 e. The Morgan fingerprint density at radius 2 is 1.91 bits per heavy atom. The molecule has 10 atom stereocenters. The van der Waals surface area contributed by atoms with Crippen LogP contribution in [0, 0.1) is 22.7 Å². The van der Waals surface area contributed by atoms with Crippen molar-refractivity contribution in [3.05, 3.63) is 23.8 Å². The van der Waals surface area contributed by atoms with Crippen LogP contribution in [0.5, 0.6) is 0 Å². The van der Waals surface area contributed by atoms with Crippen LogP contribution in [0.3, 0.4) is 0 Å². The maximum atomic E-state index is 17.5. The molecule has 3 amide bonds. The van der Waals surface area contributed by atoms with Crippen molar-refractivity contribution in [1.82, 2.24) is 10.6 Å². The van der Waals surface area contributed by atoms with Crippen molar-refractivity contribution in [3.63, 3.8) is 0 Å². The molecular formula is C31H43F2N3O7. The fourth-order valence-corrected chi connectivity index (χ4v) is 8.91. The number of fused-ring (bicyclic) bond motifs is 7. The number of nitrogens with one attached hydrogen (secondary N) is 2. The normalized spacial score (nSPS) is 42.7. The number of rotatable bonds is 10. The summed E-state index contributed by atoms with van der Waals surface area (Å²) in [6.07, 6.45) is 1.37. The van der Waals surface area contributed by atoms with Crippen LogP contribution >= 0.6 is 0 Å². The summed E-state index contributed by atoms with van der Waals surface area (Å²) >= 11 is 0. The number of carbonyl (C=O) groups is 4. The molecule has 3 saturated carbocycles. The predicted molar refractivity (Wildman–Crippen MR) is 151 cm³/mol. The van der Waals surface area contributed by atoms with E-state index in [-0.39, 0.29) is 43.7 Å². The van der Waals surface area contributed by atoms with E-state index < -0.39 is 76.2 Å². The summed E-state index contributed by atoms with van der Waals surface area (Å²) < 4.78 is 46.1. The van der Waals surface area contributed by atoms with E-state index in [1.165, 1.54) is 19.1 Å². The Balaban J connectivity index is 1.41. The van der Waals surface area contributed by atoms with E-state index >= 15 is 8.78 Å². The monoisotopic (exact) mass is 607 g/mol. The van der Waals surface area contributed by atoms with Gasteiger partial charge in [0.25, 0.3) is 0 Å². The average molecular weight is 608 g/mol. The van der Waals surface area contributed by atoms with Crippen molar-refractivity contribution in [2.24, 2.45) is 28.4 Å². The molecule has 0 spiro atoms. The number of carbonyl (C=O) groups excluding carboxylic acids is 4. The quantitative estimate of drug-likeness (QED) is 0.278. The Morgan fingerprint density at radius 3 is 2.60 bits per heavy atom. The number of alkyl halides is 2. The summed E-state index contributed by atoms with van der Waals surface area (Å²) in [6.45, 7) is 5.27. The molecule has 10 nitrogen and oxygen atoms in total. The van der Waals surface area contributed by atoms with Crippen molar-refractivity contribution >= 4 is 23.5 Å². The summed E-state index contributed by atoms with van der Waals surface area (Å²) in [7, 11) is 0. The number of nitrogens with two attached hydrogens (primary N) is 1. The summed E-state index contributed by atoms with van der Waals surface area (Å²) in [5.74, 6) is -2.75. The molecule has 2 unspecified atom stereocenters. The van der Waals surface area contributed by atoms with Crippen LogP contribution in [0.25, 0.3) is 0 Å². The number of Topliss-reactive ketones (excluding diaryl/α,β-unsaturated/α-hetero) is 1. The van der Waals surface area contributed by atoms with Gasteiger partial charge < -0.3 is 30.9 Å². The van der Waals surface area contributed by atoms with Crippen LogP contribution in [-0.2, 0) is 23.9 Å². The largest absolute Gasteiger partial charge is 0.390 e. The Hall–Kier alpha value is -2.70. The average Bonchev–Trinajstić information content (AvgIpc) is 3.42. The zero-order valence-electron chi connectivity index (χ0n) is 25.0. The Bertz CT molecular complexity index is 1240. The van der Waals surface area contributed by atoms with Gasteiger partial charge in [0.2, 0.25) is 5.91 Å². The number of halogens is 2. The van der Waals surface area contributed by atoms with E-state index in [0.717, 1.165) is 12.5 Å². The zero-order chi connectivity index (χ0) is 31.4. The van der Waals surface area contributed by atoms with Gasteiger partial charge in [-0.25, -0.2) is 13.6 Å². The number of aliphatic hydroxyl groups excluding tert-OH is 1. The Morgan fingerprint density at radius 1 is 1.16 bits per heavy atom. The molecule has 238 valence electrons. The van der Waals surface area contributed by atoms with Crippen LogP contribution < -0.4 is 16.4 Å². The number of amides is 3. The van der Waals surface area contributed by atoms with E-state index in [1.807, 2.05) is 6.92 Å². The van der Waals surface area contributed by atoms with Crippen molar-refractivity contribution in [3.8, 4) is 0 Å². The van der Waals surface area contributed by atoms with Crippen LogP contribution in [0.2, 0.25) is 0 Å². The third-order valence-electron chi connectivity index (χ3n) is 10.9. The van der Waals surface area contributed by atoms with Gasteiger partial charge in [0.05, 0.1) is 18.8 Å². The minimum Gasteiger partial charge on any atom is -0.390 e. The van der Waals surface area contributed by atoms with Crippen molar-refractivity contribution in [1.29, 1.82) is 0 Å². The molecule has 0 aromatic heterocycles. The highest BCUT2D eigenvalue weighted by Crippen LogP contribution is 2.72. The number of hydrogen-bond donors (Lipinski definition) is 4. The summed E-state index contributed by atoms with van der Waals surface area (Å²) in [6, 6.07) is -0.642. The molecule has 1 aliphatic heterocycles. The number of primary amides is 1. The molecule has 5 aliphatic rings. The lowest BCUT2D eigenvalue weighted by Crippen LogP contribution is -2.71. The third kappa shape index (κ3) is 4.75. The molecule has 43 heavy (non-hydrogen) atoms. The van der Waals surface area contributed by atoms with Gasteiger partial charge in [0.15, 0.2) is 29.1 Å². The third-order valence-corrected chi connectivity index (χ3v) is 10.9. The van der Waals surface area contributed by atoms with E-state index in [2.05, 4.69) is 10.6 Å². The maximum absolute atomic E-state index is 17.5. The molecule has 1 saturated heterocycles. The Labute approximate surface area is 250 Å². The topological polar surface area (TPSA) is 157 Å². The first-order chi connectivity index (χ1) is 20.2. The first kappa shape index (κ1) is 31.7. The lowest BCUT2D eigenvalue weighted by Gasteiger charge is -2.63. The van der Waals surface area contributed by atoms with Crippen molar-refractivity contribution in [2.45, 2.75) is 108 Å². The first-order valence-corrected chi connectivity index (χ1v) is 15.4.